The summed E-state index contributed by atoms with van der Waals surface area (Å²) in [7, 11) is 0. The van der Waals surface area contributed by atoms with E-state index < -0.39 is 0 Å². The molecule has 1 aromatic heterocycles. The number of hydrogen-bond acceptors (Lipinski definition) is 4. The molecule has 3 aromatic rings. The summed E-state index contributed by atoms with van der Waals surface area (Å²) in [6, 6.07) is 16.1. The van der Waals surface area contributed by atoms with Crippen molar-refractivity contribution in [1.29, 1.82) is 0 Å². The predicted molar refractivity (Wildman–Crippen MR) is 110 cm³/mol. The number of H-pyrrole nitrogens is 1. The third kappa shape index (κ3) is 2.99. The molecular formula is C21H22ClN5O. The van der Waals surface area contributed by atoms with Gasteiger partial charge in [0.2, 0.25) is 5.91 Å². The second-order valence-electron chi connectivity index (χ2n) is 7.45. The van der Waals surface area contributed by atoms with E-state index in [0.29, 0.717) is 18.2 Å². The van der Waals surface area contributed by atoms with Crippen LogP contribution in [0.2, 0.25) is 0 Å². The molecule has 1 amide bonds. The molecule has 0 radical (unpaired) electrons. The van der Waals surface area contributed by atoms with Crippen molar-refractivity contribution >= 4 is 24.0 Å². The van der Waals surface area contributed by atoms with Gasteiger partial charge in [-0.25, -0.2) is 4.98 Å². The minimum atomic E-state index is 0. The topological polar surface area (TPSA) is 96.7 Å². The minimum Gasteiger partial charge on any atom is -0.326 e. The van der Waals surface area contributed by atoms with Crippen LogP contribution in [0.5, 0.6) is 0 Å². The Morgan fingerprint density at radius 3 is 2.75 bits per heavy atom. The Kier molecular flexibility index (Phi) is 4.69. The molecule has 0 saturated heterocycles. The van der Waals surface area contributed by atoms with Gasteiger partial charge in [0.15, 0.2) is 5.82 Å². The number of aromatic amines is 1. The molecule has 1 spiro atoms. The molecule has 1 fully saturated rings. The summed E-state index contributed by atoms with van der Waals surface area (Å²) in [6.07, 6.45) is 3.11. The summed E-state index contributed by atoms with van der Waals surface area (Å²) < 4.78 is 0. The van der Waals surface area contributed by atoms with Crippen LogP contribution in [0.3, 0.4) is 0 Å². The lowest BCUT2D eigenvalue weighted by atomic mass is 9.95. The fourth-order valence-electron chi connectivity index (χ4n) is 4.39. The van der Waals surface area contributed by atoms with Crippen LogP contribution in [0, 0.1) is 5.92 Å². The van der Waals surface area contributed by atoms with E-state index in [1.54, 1.807) is 0 Å². The number of hydrogen-bond donors (Lipinski definition) is 3. The Labute approximate surface area is 169 Å². The molecule has 2 aromatic carbocycles. The summed E-state index contributed by atoms with van der Waals surface area (Å²) in [4.78, 5) is 17.1. The molecule has 2 unspecified atom stereocenters. The van der Waals surface area contributed by atoms with Gasteiger partial charge < -0.3 is 11.1 Å². The van der Waals surface area contributed by atoms with Gasteiger partial charge in [0.1, 0.15) is 5.82 Å². The predicted octanol–water partition coefficient (Wildman–Crippen LogP) is 3.19. The van der Waals surface area contributed by atoms with E-state index in [0.717, 1.165) is 30.5 Å². The monoisotopic (exact) mass is 395 g/mol. The average Bonchev–Trinajstić information content (AvgIpc) is 3.06. The lowest BCUT2D eigenvalue weighted by Gasteiger charge is -2.12. The van der Waals surface area contributed by atoms with Crippen molar-refractivity contribution in [3.63, 3.8) is 0 Å². The van der Waals surface area contributed by atoms with Gasteiger partial charge in [-0.05, 0) is 54.7 Å². The zero-order chi connectivity index (χ0) is 18.4. The third-order valence-corrected chi connectivity index (χ3v) is 5.92. The third-order valence-electron chi connectivity index (χ3n) is 5.92. The molecule has 0 aliphatic heterocycles. The highest BCUT2D eigenvalue weighted by atomic mass is 35.5. The van der Waals surface area contributed by atoms with Crippen molar-refractivity contribution in [1.82, 2.24) is 15.2 Å². The molecule has 1 saturated carbocycles. The maximum atomic E-state index is 12.8. The number of nitrogens with one attached hydrogen (secondary N) is 2. The number of amides is 1. The van der Waals surface area contributed by atoms with E-state index in [9.17, 15) is 4.79 Å². The van der Waals surface area contributed by atoms with Crippen LogP contribution in [0.4, 0.5) is 5.69 Å². The highest BCUT2D eigenvalue weighted by Gasteiger charge is 2.61. The normalized spacial score (nSPS) is 21.8. The van der Waals surface area contributed by atoms with E-state index >= 15 is 0 Å². The maximum absolute atomic E-state index is 12.8. The minimum absolute atomic E-state index is 0. The van der Waals surface area contributed by atoms with E-state index in [1.165, 1.54) is 11.1 Å². The standard InChI is InChI=1S/C21H21N5O.ClH/c22-12-18-24-19(26-25-18)14-5-7-15(8-6-14)23-20(27)17-11-21(17)10-9-13-3-1-2-4-16(13)21;/h1-8,17H,9-12,22H2,(H,23,27)(H,24,25,26);1H. The highest BCUT2D eigenvalue weighted by Crippen LogP contribution is 2.61. The van der Waals surface area contributed by atoms with Crippen LogP contribution < -0.4 is 11.1 Å². The van der Waals surface area contributed by atoms with Gasteiger partial charge in [0.05, 0.1) is 6.54 Å². The first-order chi connectivity index (χ1) is 13.2. The Hall–Kier alpha value is -2.70. The first-order valence-corrected chi connectivity index (χ1v) is 9.31. The number of benzene rings is 2. The molecule has 2 aliphatic rings. The molecular weight excluding hydrogens is 374 g/mol. The molecule has 7 heteroatoms. The van der Waals surface area contributed by atoms with Crippen LogP contribution in [0.1, 0.15) is 29.8 Å². The van der Waals surface area contributed by atoms with Crippen LogP contribution >= 0.6 is 12.4 Å². The summed E-state index contributed by atoms with van der Waals surface area (Å²) >= 11 is 0. The summed E-state index contributed by atoms with van der Waals surface area (Å²) in [5, 5.41) is 10.0. The first-order valence-electron chi connectivity index (χ1n) is 9.31. The molecule has 28 heavy (non-hydrogen) atoms. The number of aromatic nitrogens is 3. The summed E-state index contributed by atoms with van der Waals surface area (Å²) in [5.41, 5.74) is 10.1. The first kappa shape index (κ1) is 18.7. The largest absolute Gasteiger partial charge is 0.326 e. The molecule has 1 heterocycles. The number of fused-ring (bicyclic) bond motifs is 2. The SMILES string of the molecule is Cl.NCc1nc(-c2ccc(NC(=O)C3CC34CCc3ccccc34)cc2)n[nH]1. The van der Waals surface area contributed by atoms with E-state index in [1.807, 2.05) is 24.3 Å². The lowest BCUT2D eigenvalue weighted by Crippen LogP contribution is -2.19. The van der Waals surface area contributed by atoms with Gasteiger partial charge in [-0.15, -0.1) is 12.4 Å². The van der Waals surface area contributed by atoms with Crippen molar-refractivity contribution in [3.05, 3.63) is 65.5 Å². The molecule has 2 atom stereocenters. The van der Waals surface area contributed by atoms with Crippen molar-refractivity contribution in [3.8, 4) is 11.4 Å². The van der Waals surface area contributed by atoms with E-state index in [4.69, 9.17) is 5.73 Å². The van der Waals surface area contributed by atoms with Gasteiger partial charge in [0.25, 0.3) is 0 Å². The second kappa shape index (κ2) is 7.04. The zero-order valence-electron chi connectivity index (χ0n) is 15.3. The van der Waals surface area contributed by atoms with Crippen LogP contribution in [-0.4, -0.2) is 21.1 Å². The van der Waals surface area contributed by atoms with Crippen LogP contribution in [-0.2, 0) is 23.2 Å². The Balaban J connectivity index is 0.00000192. The van der Waals surface area contributed by atoms with Crippen molar-refractivity contribution in [2.24, 2.45) is 11.7 Å². The maximum Gasteiger partial charge on any atom is 0.228 e. The average molecular weight is 396 g/mol. The summed E-state index contributed by atoms with van der Waals surface area (Å²) in [6.45, 7) is 0.327. The van der Waals surface area contributed by atoms with Crippen molar-refractivity contribution in [2.45, 2.75) is 31.2 Å². The lowest BCUT2D eigenvalue weighted by molar-refractivity contribution is -0.117. The van der Waals surface area contributed by atoms with Gasteiger partial charge in [0, 0.05) is 22.6 Å². The Morgan fingerprint density at radius 2 is 2.00 bits per heavy atom. The van der Waals surface area contributed by atoms with E-state index in [-0.39, 0.29) is 29.6 Å². The Bertz CT molecular complexity index is 1020. The molecule has 6 nitrogen and oxygen atoms in total. The van der Waals surface area contributed by atoms with E-state index in [2.05, 4.69) is 44.8 Å². The fraction of sp³-hybridized carbons (Fsp3) is 0.286. The van der Waals surface area contributed by atoms with Crippen molar-refractivity contribution < 1.29 is 4.79 Å². The molecule has 0 bridgehead atoms. The van der Waals surface area contributed by atoms with Gasteiger partial charge in [-0.1, -0.05) is 24.3 Å². The van der Waals surface area contributed by atoms with Gasteiger partial charge in [-0.3, -0.25) is 9.89 Å². The fourth-order valence-corrected chi connectivity index (χ4v) is 4.39. The number of nitrogens with two attached hydrogens (primary N) is 1. The van der Waals surface area contributed by atoms with Crippen LogP contribution in [0.15, 0.2) is 48.5 Å². The molecule has 5 rings (SSSR count). The number of aryl methyl sites for hydroxylation is 1. The second-order valence-corrected chi connectivity index (χ2v) is 7.45. The number of halogens is 1. The number of anilines is 1. The highest BCUT2D eigenvalue weighted by molar-refractivity contribution is 5.96. The number of carbonyl (C=O) groups is 1. The number of nitrogens with zero attached hydrogens (tertiary/aromatic N) is 2. The number of rotatable bonds is 4. The smallest absolute Gasteiger partial charge is 0.228 e. The van der Waals surface area contributed by atoms with Gasteiger partial charge >= 0.3 is 0 Å². The molecule has 4 N–H and O–H groups in total. The van der Waals surface area contributed by atoms with Crippen molar-refractivity contribution in [2.75, 3.05) is 5.32 Å². The Morgan fingerprint density at radius 1 is 1.21 bits per heavy atom. The number of carbonyl (C=O) groups excluding carboxylic acids is 1. The quantitative estimate of drug-likeness (QED) is 0.632. The summed E-state index contributed by atoms with van der Waals surface area (Å²) in [5.74, 6) is 1.44. The zero-order valence-corrected chi connectivity index (χ0v) is 16.1. The molecule has 144 valence electrons. The molecule has 2 aliphatic carbocycles. The van der Waals surface area contributed by atoms with Crippen LogP contribution in [0.25, 0.3) is 11.4 Å². The van der Waals surface area contributed by atoms with Gasteiger partial charge in [-0.2, -0.15) is 5.10 Å².